The normalized spacial score (nSPS) is 18.3. The highest BCUT2D eigenvalue weighted by molar-refractivity contribution is 5.68. The van der Waals surface area contributed by atoms with Gasteiger partial charge in [-0.1, -0.05) is 32.3 Å². The average Bonchev–Trinajstić information content (AvgIpc) is 2.54. The highest BCUT2D eigenvalue weighted by Crippen LogP contribution is 2.28. The summed E-state index contributed by atoms with van der Waals surface area (Å²) in [6, 6.07) is 5.31. The predicted octanol–water partition coefficient (Wildman–Crippen LogP) is 4.84. The second-order valence-corrected chi connectivity index (χ2v) is 7.86. The Hall–Kier alpha value is -1.75. The first-order valence-electron chi connectivity index (χ1n) is 11.4. The number of aliphatic hydroxyl groups is 1. The third kappa shape index (κ3) is 8.09. The van der Waals surface area contributed by atoms with Gasteiger partial charge in [0.15, 0.2) is 0 Å². The first-order valence-corrected chi connectivity index (χ1v) is 8.87. The maximum absolute atomic E-state index is 12.2. The fourth-order valence-corrected chi connectivity index (χ4v) is 2.31. The maximum atomic E-state index is 12.2. The lowest BCUT2D eigenvalue weighted by Crippen LogP contribution is -2.44. The molecule has 0 aliphatic rings. The van der Waals surface area contributed by atoms with Crippen LogP contribution in [0.4, 0.5) is 4.79 Å². The largest absolute Gasteiger partial charge is 0.493 e. The van der Waals surface area contributed by atoms with Crippen molar-refractivity contribution in [1.29, 1.82) is 0 Å². The number of nitrogens with one attached hydrogen (secondary N) is 1. The van der Waals surface area contributed by atoms with E-state index in [-0.39, 0.29) is 12.2 Å². The molecule has 2 N–H and O–H groups in total. The number of hydrogen-bond acceptors (Lipinski definition) is 4. The molecule has 0 unspecified atom stereocenters. The van der Waals surface area contributed by atoms with E-state index in [4.69, 9.17) is 16.3 Å². The van der Waals surface area contributed by atoms with Crippen LogP contribution in [0.1, 0.15) is 79.7 Å². The Labute approximate surface area is 165 Å². The number of hydrogen-bond donors (Lipinski definition) is 2. The minimum atomic E-state index is -2.50. The van der Waals surface area contributed by atoms with Gasteiger partial charge in [0, 0.05) is 4.11 Å². The van der Waals surface area contributed by atoms with Crippen molar-refractivity contribution in [3.05, 3.63) is 29.8 Å². The Bertz CT molecular complexity index is 721. The molecule has 26 heavy (non-hydrogen) atoms. The van der Waals surface area contributed by atoms with Crippen LogP contribution in [0.15, 0.2) is 24.3 Å². The van der Waals surface area contributed by atoms with Crippen molar-refractivity contribution in [2.24, 2.45) is 5.92 Å². The molecule has 1 aromatic carbocycles. The SMILES string of the molecule is [2H]C([2H])([2H])[C@@H](CCC)C([2H])([2H])Oc1ccc([C@@H](NC(=O)OC(C)(C)C)C(C)(C)O)cc1. The van der Waals surface area contributed by atoms with Crippen molar-refractivity contribution in [2.45, 2.75) is 78.5 Å². The molecule has 0 saturated heterocycles. The van der Waals surface area contributed by atoms with Crippen LogP contribution in [0.3, 0.4) is 0 Å². The number of amides is 1. The van der Waals surface area contributed by atoms with Crippen molar-refractivity contribution in [1.82, 2.24) is 5.32 Å². The van der Waals surface area contributed by atoms with Gasteiger partial charge in [-0.15, -0.1) is 0 Å². The zero-order chi connectivity index (χ0) is 24.3. The average molecular weight is 371 g/mol. The minimum Gasteiger partial charge on any atom is -0.493 e. The highest BCUT2D eigenvalue weighted by atomic mass is 16.6. The zero-order valence-corrected chi connectivity index (χ0v) is 16.6. The summed E-state index contributed by atoms with van der Waals surface area (Å²) in [6.45, 7) is 5.19. The molecule has 0 heterocycles. The number of ether oxygens (including phenoxy) is 2. The van der Waals surface area contributed by atoms with Crippen LogP contribution in [-0.2, 0) is 4.74 Å². The Morgan fingerprint density at radius 3 is 2.35 bits per heavy atom. The second kappa shape index (κ2) is 9.26. The van der Waals surface area contributed by atoms with E-state index >= 15 is 0 Å². The van der Waals surface area contributed by atoms with Gasteiger partial charge in [0.1, 0.15) is 11.4 Å². The van der Waals surface area contributed by atoms with Gasteiger partial charge < -0.3 is 19.9 Å². The van der Waals surface area contributed by atoms with Gasteiger partial charge in [0.25, 0.3) is 0 Å². The molecule has 1 amide bonds. The van der Waals surface area contributed by atoms with Crippen molar-refractivity contribution >= 4 is 6.09 Å². The Morgan fingerprint density at radius 2 is 1.88 bits per heavy atom. The van der Waals surface area contributed by atoms with E-state index in [2.05, 4.69) is 5.32 Å². The second-order valence-electron chi connectivity index (χ2n) is 7.86. The summed E-state index contributed by atoms with van der Waals surface area (Å²) in [5, 5.41) is 13.2. The number of alkyl carbamates (subject to hydrolysis) is 1. The molecule has 0 fully saturated rings. The number of carbonyl (C=O) groups is 1. The van der Waals surface area contributed by atoms with E-state index in [1.54, 1.807) is 53.7 Å². The molecule has 1 rings (SSSR count). The van der Waals surface area contributed by atoms with Gasteiger partial charge in [-0.2, -0.15) is 0 Å². The molecular formula is C21H35NO4. The Kier molecular flexibility index (Phi) is 5.46. The van der Waals surface area contributed by atoms with E-state index in [0.717, 1.165) is 0 Å². The molecule has 0 aliphatic carbocycles. The summed E-state index contributed by atoms with van der Waals surface area (Å²) >= 11 is 0. The van der Waals surface area contributed by atoms with Crippen LogP contribution in [0.2, 0.25) is 0 Å². The summed E-state index contributed by atoms with van der Waals surface area (Å²) < 4.78 is 49.9. The van der Waals surface area contributed by atoms with Crippen LogP contribution in [-0.4, -0.2) is 29.0 Å². The molecule has 5 nitrogen and oxygen atoms in total. The summed E-state index contributed by atoms with van der Waals surface area (Å²) in [4.78, 5) is 12.2. The first kappa shape index (κ1) is 15.3. The molecule has 0 bridgehead atoms. The van der Waals surface area contributed by atoms with Crippen LogP contribution in [0, 0.1) is 5.92 Å². The van der Waals surface area contributed by atoms with Gasteiger partial charge in [-0.25, -0.2) is 4.79 Å². The van der Waals surface area contributed by atoms with Gasteiger partial charge in [0.2, 0.25) is 0 Å². The van der Waals surface area contributed by atoms with Crippen LogP contribution in [0.25, 0.3) is 0 Å². The van der Waals surface area contributed by atoms with Gasteiger partial charge in [0.05, 0.1) is 20.9 Å². The van der Waals surface area contributed by atoms with Gasteiger partial charge in [-0.3, -0.25) is 0 Å². The number of benzene rings is 1. The smallest absolute Gasteiger partial charge is 0.408 e. The summed E-state index contributed by atoms with van der Waals surface area (Å²) in [5.74, 6) is -1.13. The van der Waals surface area contributed by atoms with Gasteiger partial charge >= 0.3 is 6.09 Å². The minimum absolute atomic E-state index is 0.144. The fraction of sp³-hybridized carbons (Fsp3) is 0.667. The third-order valence-corrected chi connectivity index (χ3v) is 3.48. The topological polar surface area (TPSA) is 67.8 Å². The van der Waals surface area contributed by atoms with Crippen molar-refractivity contribution in [2.75, 3.05) is 6.56 Å². The monoisotopic (exact) mass is 370 g/mol. The van der Waals surface area contributed by atoms with Crippen LogP contribution in [0.5, 0.6) is 5.75 Å². The Morgan fingerprint density at radius 1 is 1.27 bits per heavy atom. The Balaban J connectivity index is 3.07. The molecule has 148 valence electrons. The van der Waals surface area contributed by atoms with E-state index in [1.807, 2.05) is 0 Å². The van der Waals surface area contributed by atoms with Crippen molar-refractivity contribution < 1.29 is 26.2 Å². The molecule has 0 radical (unpaired) electrons. The zero-order valence-electron chi connectivity index (χ0n) is 21.6. The lowest BCUT2D eigenvalue weighted by Gasteiger charge is -2.31. The molecule has 0 spiro atoms. The number of carbonyl (C=O) groups excluding carboxylic acids is 1. The molecule has 2 atom stereocenters. The standard InChI is InChI=1S/C21H35NO4/c1-8-9-15(2)14-25-17-12-10-16(11-13-17)18(21(6,7)24)22-19(23)26-20(3,4)5/h10-13,15,18,24H,8-9,14H2,1-7H3,(H,22,23)/t15-,18+/m0/s1/i2D3,14D2. The maximum Gasteiger partial charge on any atom is 0.408 e. The summed E-state index contributed by atoms with van der Waals surface area (Å²) in [7, 11) is 0. The lowest BCUT2D eigenvalue weighted by atomic mass is 9.92. The van der Waals surface area contributed by atoms with E-state index in [9.17, 15) is 9.90 Å². The molecule has 1 aromatic rings. The fourth-order valence-electron chi connectivity index (χ4n) is 2.31. The first-order chi connectivity index (χ1) is 13.9. The van der Waals surface area contributed by atoms with Crippen LogP contribution < -0.4 is 10.1 Å². The molecular weight excluding hydrogens is 330 g/mol. The van der Waals surface area contributed by atoms with E-state index in [1.165, 1.54) is 12.1 Å². The van der Waals surface area contributed by atoms with Gasteiger partial charge in [-0.05, 0) is 64.7 Å². The lowest BCUT2D eigenvalue weighted by molar-refractivity contribution is 0.0163. The van der Waals surface area contributed by atoms with Crippen molar-refractivity contribution in [3.63, 3.8) is 0 Å². The molecule has 0 saturated carbocycles. The predicted molar refractivity (Wildman–Crippen MR) is 104 cm³/mol. The third-order valence-electron chi connectivity index (χ3n) is 3.48. The van der Waals surface area contributed by atoms with Crippen LogP contribution >= 0.6 is 0 Å². The van der Waals surface area contributed by atoms with E-state index in [0.29, 0.717) is 12.0 Å². The van der Waals surface area contributed by atoms with Crippen molar-refractivity contribution in [3.8, 4) is 5.75 Å². The van der Waals surface area contributed by atoms with E-state index < -0.39 is 42.7 Å². The summed E-state index contributed by atoms with van der Waals surface area (Å²) in [5.41, 5.74) is -1.47. The molecule has 0 aliphatic heterocycles. The molecule has 5 heteroatoms. The summed E-state index contributed by atoms with van der Waals surface area (Å²) in [6.07, 6.45) is -0.0206. The highest BCUT2D eigenvalue weighted by Gasteiger charge is 2.31. The molecule has 0 aromatic heterocycles. The quantitative estimate of drug-likeness (QED) is 0.687. The number of rotatable bonds is 8.